The van der Waals surface area contributed by atoms with Crippen molar-refractivity contribution in [3.8, 4) is 5.75 Å². The Bertz CT molecular complexity index is 920. The van der Waals surface area contributed by atoms with Crippen molar-refractivity contribution in [3.63, 3.8) is 0 Å². The van der Waals surface area contributed by atoms with E-state index < -0.39 is 6.10 Å². The van der Waals surface area contributed by atoms with Crippen LogP contribution in [0.25, 0.3) is 10.8 Å². The number of nitrogens with one attached hydrogen (secondary N) is 1. The van der Waals surface area contributed by atoms with Gasteiger partial charge in [-0.15, -0.1) is 0 Å². The number of hydrogen-bond donors (Lipinski definition) is 1. The lowest BCUT2D eigenvalue weighted by molar-refractivity contribution is -0.127. The Kier molecular flexibility index (Phi) is 7.38. The quantitative estimate of drug-likeness (QED) is 0.498. The number of thioether (sulfide) groups is 1. The molecule has 0 radical (unpaired) electrons. The topological polar surface area (TPSA) is 38.3 Å². The minimum Gasteiger partial charge on any atom is -0.480 e. The van der Waals surface area contributed by atoms with Crippen molar-refractivity contribution in [1.82, 2.24) is 5.32 Å². The van der Waals surface area contributed by atoms with Gasteiger partial charge in [0.15, 0.2) is 6.10 Å². The third kappa shape index (κ3) is 5.52. The molecule has 0 aliphatic carbocycles. The molecular weight excluding hydrogens is 366 g/mol. The van der Waals surface area contributed by atoms with Crippen LogP contribution in [-0.2, 0) is 10.5 Å². The maximum absolute atomic E-state index is 12.5. The van der Waals surface area contributed by atoms with Crippen LogP contribution < -0.4 is 10.1 Å². The first-order valence-corrected chi connectivity index (χ1v) is 10.9. The van der Waals surface area contributed by atoms with Gasteiger partial charge in [0.05, 0.1) is 0 Å². The fourth-order valence-corrected chi connectivity index (χ4v) is 3.93. The molecule has 0 aliphatic rings. The molecule has 4 heteroatoms. The van der Waals surface area contributed by atoms with Gasteiger partial charge in [0.25, 0.3) is 5.91 Å². The summed E-state index contributed by atoms with van der Waals surface area (Å²) in [4.78, 5) is 12.5. The van der Waals surface area contributed by atoms with Crippen LogP contribution in [0, 0.1) is 6.92 Å². The summed E-state index contributed by atoms with van der Waals surface area (Å²) >= 11 is 1.83. The third-order valence-electron chi connectivity index (χ3n) is 4.58. The summed E-state index contributed by atoms with van der Waals surface area (Å²) in [5, 5.41) is 5.16. The zero-order valence-electron chi connectivity index (χ0n) is 16.5. The number of rotatable bonds is 9. The van der Waals surface area contributed by atoms with Gasteiger partial charge in [-0.25, -0.2) is 0 Å². The van der Waals surface area contributed by atoms with E-state index in [0.717, 1.165) is 28.0 Å². The molecule has 3 rings (SSSR count). The molecule has 1 amide bonds. The first-order valence-electron chi connectivity index (χ1n) is 9.73. The molecule has 3 aromatic rings. The molecule has 3 nitrogen and oxygen atoms in total. The predicted molar refractivity (Wildman–Crippen MR) is 119 cm³/mol. The maximum Gasteiger partial charge on any atom is 0.261 e. The molecule has 0 aliphatic heterocycles. The second-order valence-corrected chi connectivity index (χ2v) is 7.93. The molecule has 0 saturated heterocycles. The van der Waals surface area contributed by atoms with Crippen molar-refractivity contribution in [2.45, 2.75) is 32.1 Å². The average Bonchev–Trinajstić information content (AvgIpc) is 2.71. The lowest BCUT2D eigenvalue weighted by Crippen LogP contribution is -2.39. The molecule has 0 aromatic heterocycles. The summed E-state index contributed by atoms with van der Waals surface area (Å²) in [5.41, 5.74) is 2.60. The molecule has 3 aromatic carbocycles. The standard InChI is InChI=1S/C24H27NO2S/c1-3-22(27-23-13-7-11-20-10-4-5-12-21(20)23)24(26)25-14-15-28-17-19-9-6-8-18(2)16-19/h4-13,16,22H,3,14-15,17H2,1-2H3,(H,25,26)/t22-/m1/s1. The first-order chi connectivity index (χ1) is 13.7. The van der Waals surface area contributed by atoms with Crippen LogP contribution in [0.4, 0.5) is 0 Å². The molecule has 0 fully saturated rings. The summed E-state index contributed by atoms with van der Waals surface area (Å²) in [6, 6.07) is 22.5. The summed E-state index contributed by atoms with van der Waals surface area (Å²) < 4.78 is 6.06. The van der Waals surface area contributed by atoms with E-state index in [2.05, 4.69) is 48.6 Å². The van der Waals surface area contributed by atoms with E-state index in [1.807, 2.05) is 49.0 Å². The number of amides is 1. The minimum absolute atomic E-state index is 0.0495. The normalized spacial score (nSPS) is 11.9. The second-order valence-electron chi connectivity index (χ2n) is 6.82. The molecule has 0 heterocycles. The van der Waals surface area contributed by atoms with Gasteiger partial charge in [-0.2, -0.15) is 11.8 Å². The number of carbonyl (C=O) groups excluding carboxylic acids is 1. The first kappa shape index (κ1) is 20.3. The Morgan fingerprint density at radius 1 is 1.07 bits per heavy atom. The highest BCUT2D eigenvalue weighted by Crippen LogP contribution is 2.26. The number of fused-ring (bicyclic) bond motifs is 1. The fourth-order valence-electron chi connectivity index (χ4n) is 3.13. The van der Waals surface area contributed by atoms with Crippen LogP contribution in [0.5, 0.6) is 5.75 Å². The summed E-state index contributed by atoms with van der Waals surface area (Å²) in [7, 11) is 0. The Morgan fingerprint density at radius 3 is 2.68 bits per heavy atom. The summed E-state index contributed by atoms with van der Waals surface area (Å²) in [6.45, 7) is 4.72. The van der Waals surface area contributed by atoms with Crippen LogP contribution in [0.1, 0.15) is 24.5 Å². The van der Waals surface area contributed by atoms with Crippen LogP contribution in [0.15, 0.2) is 66.7 Å². The van der Waals surface area contributed by atoms with E-state index in [1.165, 1.54) is 11.1 Å². The molecule has 28 heavy (non-hydrogen) atoms. The Labute approximate surface area is 171 Å². The zero-order chi connectivity index (χ0) is 19.8. The predicted octanol–water partition coefficient (Wildman–Crippen LogP) is 5.36. The SMILES string of the molecule is CC[C@@H](Oc1cccc2ccccc12)C(=O)NCCSCc1cccc(C)c1. The lowest BCUT2D eigenvalue weighted by atomic mass is 10.1. The van der Waals surface area contributed by atoms with Crippen molar-refractivity contribution in [1.29, 1.82) is 0 Å². The van der Waals surface area contributed by atoms with E-state index in [9.17, 15) is 4.79 Å². The van der Waals surface area contributed by atoms with Crippen molar-refractivity contribution in [3.05, 3.63) is 77.9 Å². The molecular formula is C24H27NO2S. The molecule has 1 N–H and O–H groups in total. The number of aryl methyl sites for hydroxylation is 1. The van der Waals surface area contributed by atoms with Gasteiger partial charge in [-0.3, -0.25) is 4.79 Å². The van der Waals surface area contributed by atoms with E-state index in [0.29, 0.717) is 13.0 Å². The van der Waals surface area contributed by atoms with Gasteiger partial charge in [-0.1, -0.05) is 73.2 Å². The average molecular weight is 394 g/mol. The summed E-state index contributed by atoms with van der Waals surface area (Å²) in [6.07, 6.45) is 0.151. The summed E-state index contributed by atoms with van der Waals surface area (Å²) in [5.74, 6) is 2.55. The van der Waals surface area contributed by atoms with Gasteiger partial charge in [-0.05, 0) is 30.4 Å². The molecule has 0 bridgehead atoms. The molecule has 1 atom stereocenters. The van der Waals surface area contributed by atoms with Crippen LogP contribution in [0.3, 0.4) is 0 Å². The van der Waals surface area contributed by atoms with Crippen molar-refractivity contribution >= 4 is 28.4 Å². The molecule has 146 valence electrons. The van der Waals surface area contributed by atoms with Crippen LogP contribution >= 0.6 is 11.8 Å². The Balaban J connectivity index is 1.48. The molecule has 0 unspecified atom stereocenters. The number of hydrogen-bond acceptors (Lipinski definition) is 3. The maximum atomic E-state index is 12.5. The number of benzene rings is 3. The van der Waals surface area contributed by atoms with E-state index in [4.69, 9.17) is 4.74 Å². The van der Waals surface area contributed by atoms with E-state index in [-0.39, 0.29) is 5.91 Å². The zero-order valence-corrected chi connectivity index (χ0v) is 17.3. The highest BCUT2D eigenvalue weighted by molar-refractivity contribution is 7.98. The van der Waals surface area contributed by atoms with Gasteiger partial charge in [0.1, 0.15) is 5.75 Å². The Morgan fingerprint density at radius 2 is 1.86 bits per heavy atom. The second kappa shape index (κ2) is 10.2. The van der Waals surface area contributed by atoms with Gasteiger partial charge in [0, 0.05) is 23.4 Å². The molecule has 0 saturated carbocycles. The highest BCUT2D eigenvalue weighted by atomic mass is 32.2. The van der Waals surface area contributed by atoms with Crippen LogP contribution in [0.2, 0.25) is 0 Å². The van der Waals surface area contributed by atoms with Gasteiger partial charge >= 0.3 is 0 Å². The third-order valence-corrected chi connectivity index (χ3v) is 5.61. The van der Waals surface area contributed by atoms with Gasteiger partial charge in [0.2, 0.25) is 0 Å². The van der Waals surface area contributed by atoms with Crippen molar-refractivity contribution in [2.24, 2.45) is 0 Å². The van der Waals surface area contributed by atoms with E-state index >= 15 is 0 Å². The van der Waals surface area contributed by atoms with Crippen LogP contribution in [-0.4, -0.2) is 24.3 Å². The monoisotopic (exact) mass is 393 g/mol. The van der Waals surface area contributed by atoms with Crippen molar-refractivity contribution in [2.75, 3.05) is 12.3 Å². The smallest absolute Gasteiger partial charge is 0.261 e. The van der Waals surface area contributed by atoms with Gasteiger partial charge < -0.3 is 10.1 Å². The largest absolute Gasteiger partial charge is 0.480 e. The number of ether oxygens (including phenoxy) is 1. The molecule has 0 spiro atoms. The fraction of sp³-hybridized carbons (Fsp3) is 0.292. The Hall–Kier alpha value is -2.46. The lowest BCUT2D eigenvalue weighted by Gasteiger charge is -2.18. The van der Waals surface area contributed by atoms with E-state index in [1.54, 1.807) is 0 Å². The highest BCUT2D eigenvalue weighted by Gasteiger charge is 2.18. The minimum atomic E-state index is -0.479. The number of carbonyl (C=O) groups is 1. The van der Waals surface area contributed by atoms with Crippen molar-refractivity contribution < 1.29 is 9.53 Å².